The average molecular weight is 316 g/mol. The van der Waals surface area contributed by atoms with Crippen molar-refractivity contribution in [2.24, 2.45) is 0 Å². The van der Waals surface area contributed by atoms with Crippen molar-refractivity contribution < 1.29 is 4.92 Å². The summed E-state index contributed by atoms with van der Waals surface area (Å²) in [5.74, 6) is 0. The lowest BCUT2D eigenvalue weighted by atomic mass is 10.1. The van der Waals surface area contributed by atoms with Crippen molar-refractivity contribution in [2.45, 2.75) is 13.8 Å². The highest BCUT2D eigenvalue weighted by molar-refractivity contribution is 7.20. The van der Waals surface area contributed by atoms with E-state index in [1.807, 2.05) is 16.8 Å². The zero-order valence-corrected chi connectivity index (χ0v) is 13.1. The molecule has 0 aliphatic carbocycles. The van der Waals surface area contributed by atoms with Crippen LogP contribution >= 0.6 is 22.7 Å². The molecule has 3 rings (SSSR count). The molecule has 2 aromatic heterocycles. The van der Waals surface area contributed by atoms with Gasteiger partial charge in [0, 0.05) is 22.6 Å². The second kappa shape index (κ2) is 5.38. The quantitative estimate of drug-likeness (QED) is 0.501. The van der Waals surface area contributed by atoms with Crippen molar-refractivity contribution in [3.05, 3.63) is 56.3 Å². The van der Waals surface area contributed by atoms with Crippen LogP contribution in [0.4, 0.5) is 5.69 Å². The van der Waals surface area contributed by atoms with Crippen molar-refractivity contribution in [2.75, 3.05) is 0 Å². The average Bonchev–Trinajstić information content (AvgIpc) is 3.07. The lowest BCUT2D eigenvalue weighted by molar-refractivity contribution is -0.385. The van der Waals surface area contributed by atoms with E-state index in [9.17, 15) is 10.1 Å². The SMILES string of the molecule is Cc1ccc(-c2csc(-c3sccc3C)n2)cc1[N+](=O)[O-]. The number of hydrogen-bond donors (Lipinski definition) is 0. The van der Waals surface area contributed by atoms with Crippen LogP contribution in [0.25, 0.3) is 21.1 Å². The number of aromatic nitrogens is 1. The van der Waals surface area contributed by atoms with Gasteiger partial charge in [-0.1, -0.05) is 12.1 Å². The van der Waals surface area contributed by atoms with E-state index in [-0.39, 0.29) is 10.6 Å². The summed E-state index contributed by atoms with van der Waals surface area (Å²) >= 11 is 3.23. The summed E-state index contributed by atoms with van der Waals surface area (Å²) < 4.78 is 0. The highest BCUT2D eigenvalue weighted by atomic mass is 32.1. The van der Waals surface area contributed by atoms with Gasteiger partial charge in [-0.15, -0.1) is 22.7 Å². The molecule has 1 aromatic carbocycles. The van der Waals surface area contributed by atoms with Gasteiger partial charge >= 0.3 is 0 Å². The fraction of sp³-hybridized carbons (Fsp3) is 0.133. The molecule has 0 saturated carbocycles. The molecule has 0 bridgehead atoms. The summed E-state index contributed by atoms with van der Waals surface area (Å²) in [5.41, 5.74) is 3.56. The highest BCUT2D eigenvalue weighted by Gasteiger charge is 2.14. The molecule has 0 atom stereocenters. The Hall–Kier alpha value is -2.05. The van der Waals surface area contributed by atoms with Gasteiger partial charge in [0.05, 0.1) is 15.5 Å². The van der Waals surface area contributed by atoms with Crippen molar-refractivity contribution >= 4 is 28.4 Å². The van der Waals surface area contributed by atoms with Crippen LogP contribution in [0.15, 0.2) is 35.0 Å². The zero-order valence-electron chi connectivity index (χ0n) is 11.5. The van der Waals surface area contributed by atoms with E-state index in [0.717, 1.165) is 21.1 Å². The van der Waals surface area contributed by atoms with Gasteiger partial charge in [0.15, 0.2) is 0 Å². The molecule has 4 nitrogen and oxygen atoms in total. The molecule has 0 spiro atoms. The van der Waals surface area contributed by atoms with Gasteiger partial charge in [0.1, 0.15) is 5.01 Å². The van der Waals surface area contributed by atoms with Gasteiger partial charge in [-0.05, 0) is 30.9 Å². The Morgan fingerprint density at radius 3 is 2.62 bits per heavy atom. The minimum Gasteiger partial charge on any atom is -0.258 e. The molecule has 0 saturated heterocycles. The van der Waals surface area contributed by atoms with Crippen LogP contribution in [-0.4, -0.2) is 9.91 Å². The maximum Gasteiger partial charge on any atom is 0.272 e. The van der Waals surface area contributed by atoms with Crippen molar-refractivity contribution in [1.82, 2.24) is 4.98 Å². The predicted octanol–water partition coefficient (Wildman–Crippen LogP) is 5.06. The summed E-state index contributed by atoms with van der Waals surface area (Å²) in [6.07, 6.45) is 0. The fourth-order valence-electron chi connectivity index (χ4n) is 2.07. The Morgan fingerprint density at radius 1 is 1.14 bits per heavy atom. The summed E-state index contributed by atoms with van der Waals surface area (Å²) in [6, 6.07) is 7.30. The standard InChI is InChI=1S/C15H12N2O2S2/c1-9-3-4-11(7-13(9)17(18)19)12-8-21-15(16-12)14-10(2)5-6-20-14/h3-8H,1-2H3. The Kier molecular flexibility index (Phi) is 3.57. The fourth-order valence-corrected chi connectivity index (χ4v) is 4.00. The number of hydrogen-bond acceptors (Lipinski definition) is 5. The summed E-state index contributed by atoms with van der Waals surface area (Å²) in [6.45, 7) is 3.80. The lowest BCUT2D eigenvalue weighted by Crippen LogP contribution is -1.92. The van der Waals surface area contributed by atoms with Crippen LogP contribution in [0.5, 0.6) is 0 Å². The first-order valence-electron chi connectivity index (χ1n) is 6.31. The summed E-state index contributed by atoms with van der Waals surface area (Å²) in [4.78, 5) is 16.5. The van der Waals surface area contributed by atoms with Crippen LogP contribution in [0, 0.1) is 24.0 Å². The Labute approximate surface area is 129 Å². The first kappa shape index (κ1) is 13.9. The van der Waals surface area contributed by atoms with Crippen LogP contribution < -0.4 is 0 Å². The third kappa shape index (κ3) is 2.59. The summed E-state index contributed by atoms with van der Waals surface area (Å²) in [7, 11) is 0. The first-order valence-corrected chi connectivity index (χ1v) is 8.07. The molecule has 0 radical (unpaired) electrons. The van der Waals surface area contributed by atoms with Crippen LogP contribution in [0.1, 0.15) is 11.1 Å². The molecule has 6 heteroatoms. The van der Waals surface area contributed by atoms with Crippen LogP contribution in [0.3, 0.4) is 0 Å². The number of thiophene rings is 1. The maximum atomic E-state index is 11.0. The van der Waals surface area contributed by atoms with E-state index >= 15 is 0 Å². The first-order chi connectivity index (χ1) is 10.1. The van der Waals surface area contributed by atoms with Crippen LogP contribution in [0.2, 0.25) is 0 Å². The number of nitro groups is 1. The number of rotatable bonds is 3. The van der Waals surface area contributed by atoms with Crippen molar-refractivity contribution in [1.29, 1.82) is 0 Å². The topological polar surface area (TPSA) is 56.0 Å². The maximum absolute atomic E-state index is 11.0. The zero-order chi connectivity index (χ0) is 15.0. The normalized spacial score (nSPS) is 10.8. The number of aryl methyl sites for hydroxylation is 2. The monoisotopic (exact) mass is 316 g/mol. The van der Waals surface area contributed by atoms with Crippen molar-refractivity contribution in [3.8, 4) is 21.1 Å². The minimum atomic E-state index is -0.352. The molecule has 3 aromatic rings. The third-order valence-corrected chi connectivity index (χ3v) is 5.27. The van der Waals surface area contributed by atoms with Gasteiger partial charge in [0.2, 0.25) is 0 Å². The number of benzene rings is 1. The van der Waals surface area contributed by atoms with E-state index < -0.39 is 0 Å². The second-order valence-electron chi connectivity index (χ2n) is 4.73. The van der Waals surface area contributed by atoms with E-state index in [4.69, 9.17) is 0 Å². The molecule has 0 unspecified atom stereocenters. The van der Waals surface area contributed by atoms with Gasteiger partial charge in [-0.25, -0.2) is 4.98 Å². The van der Waals surface area contributed by atoms with Gasteiger partial charge in [-0.3, -0.25) is 10.1 Å². The smallest absolute Gasteiger partial charge is 0.258 e. The molecule has 2 heterocycles. The molecule has 21 heavy (non-hydrogen) atoms. The highest BCUT2D eigenvalue weighted by Crippen LogP contribution is 2.35. The minimum absolute atomic E-state index is 0.134. The second-order valence-corrected chi connectivity index (χ2v) is 6.50. The molecule has 0 aliphatic heterocycles. The lowest BCUT2D eigenvalue weighted by Gasteiger charge is -2.00. The number of thiazole rings is 1. The van der Waals surface area contributed by atoms with E-state index in [2.05, 4.69) is 18.0 Å². The number of nitrogens with zero attached hydrogens (tertiary/aromatic N) is 2. The van der Waals surface area contributed by atoms with Gasteiger partial charge in [0.25, 0.3) is 5.69 Å². The largest absolute Gasteiger partial charge is 0.272 e. The molecule has 0 fully saturated rings. The van der Waals surface area contributed by atoms with E-state index in [1.54, 1.807) is 41.7 Å². The molecule has 0 amide bonds. The number of nitro benzene ring substituents is 1. The molecule has 106 valence electrons. The predicted molar refractivity (Wildman–Crippen MR) is 87.0 cm³/mol. The Bertz CT molecular complexity index is 821. The Balaban J connectivity index is 2.03. The van der Waals surface area contributed by atoms with Gasteiger partial charge in [-0.2, -0.15) is 0 Å². The molecule has 0 aliphatic rings. The van der Waals surface area contributed by atoms with E-state index in [0.29, 0.717) is 5.56 Å². The van der Waals surface area contributed by atoms with Crippen LogP contribution in [-0.2, 0) is 0 Å². The third-order valence-electron chi connectivity index (χ3n) is 3.26. The summed E-state index contributed by atoms with van der Waals surface area (Å²) in [5, 5.41) is 16.0. The Morgan fingerprint density at radius 2 is 1.95 bits per heavy atom. The molecule has 0 N–H and O–H groups in total. The molecular formula is C15H12N2O2S2. The van der Waals surface area contributed by atoms with Gasteiger partial charge < -0.3 is 0 Å². The van der Waals surface area contributed by atoms with E-state index in [1.165, 1.54) is 5.56 Å². The molecular weight excluding hydrogens is 304 g/mol. The van der Waals surface area contributed by atoms with Crippen molar-refractivity contribution in [3.63, 3.8) is 0 Å².